The second-order valence-corrected chi connectivity index (χ2v) is 4.41. The van der Waals surface area contributed by atoms with Crippen LogP contribution in [0.25, 0.3) is 0 Å². The van der Waals surface area contributed by atoms with Crippen LogP contribution in [0.5, 0.6) is 0 Å². The molecule has 1 saturated heterocycles. The Morgan fingerprint density at radius 3 is 2.42 bits per heavy atom. The summed E-state index contributed by atoms with van der Waals surface area (Å²) in [6.07, 6.45) is -1.14. The zero-order valence-electron chi connectivity index (χ0n) is 10.3. The molecule has 2 rings (SSSR count). The Morgan fingerprint density at radius 1 is 1.16 bits per heavy atom. The molecular weight excluding hydrogens is 261 g/mol. The maximum atomic E-state index is 12.3. The van der Waals surface area contributed by atoms with Crippen molar-refractivity contribution in [1.29, 1.82) is 0 Å². The lowest BCUT2D eigenvalue weighted by Crippen LogP contribution is -2.49. The first kappa shape index (κ1) is 14.0. The summed E-state index contributed by atoms with van der Waals surface area (Å²) >= 11 is 0. The topological polar surface area (TPSA) is 52.5 Å². The molecule has 0 aliphatic carbocycles. The highest BCUT2D eigenvalue weighted by Gasteiger charge is 2.32. The van der Waals surface area contributed by atoms with Gasteiger partial charge < -0.3 is 10.0 Å². The van der Waals surface area contributed by atoms with Gasteiger partial charge in [0.2, 0.25) is 0 Å². The van der Waals surface area contributed by atoms with Crippen LogP contribution in [0.2, 0.25) is 0 Å². The molecule has 0 amide bonds. The van der Waals surface area contributed by atoms with Gasteiger partial charge in [-0.3, -0.25) is 9.88 Å². The number of hydrogen-bond acceptors (Lipinski definition) is 5. The highest BCUT2D eigenvalue weighted by molar-refractivity contribution is 5.36. The normalized spacial score (nSPS) is 17.8. The van der Waals surface area contributed by atoms with Crippen molar-refractivity contribution in [3.05, 3.63) is 18.1 Å². The fourth-order valence-corrected chi connectivity index (χ4v) is 2.01. The SMILES string of the molecule is OCc1cncc(N2CCN(CC(F)(F)F)CC2)n1. The molecule has 1 N–H and O–H groups in total. The van der Waals surface area contributed by atoms with Crippen molar-refractivity contribution in [2.24, 2.45) is 0 Å². The Balaban J connectivity index is 1.92. The molecule has 0 radical (unpaired) electrons. The van der Waals surface area contributed by atoms with E-state index in [1.54, 1.807) is 6.20 Å². The number of piperazine rings is 1. The van der Waals surface area contributed by atoms with Crippen molar-refractivity contribution < 1.29 is 18.3 Å². The van der Waals surface area contributed by atoms with Crippen LogP contribution >= 0.6 is 0 Å². The van der Waals surface area contributed by atoms with Gasteiger partial charge in [0.1, 0.15) is 5.82 Å². The third-order valence-corrected chi connectivity index (χ3v) is 2.93. The number of aliphatic hydroxyl groups is 1. The predicted molar refractivity (Wildman–Crippen MR) is 62.7 cm³/mol. The molecule has 1 aromatic rings. The van der Waals surface area contributed by atoms with E-state index < -0.39 is 12.7 Å². The van der Waals surface area contributed by atoms with Crippen LogP contribution in [-0.2, 0) is 6.61 Å². The van der Waals surface area contributed by atoms with Crippen molar-refractivity contribution in [3.8, 4) is 0 Å². The Morgan fingerprint density at radius 2 is 1.84 bits per heavy atom. The van der Waals surface area contributed by atoms with Crippen LogP contribution in [0.3, 0.4) is 0 Å². The van der Waals surface area contributed by atoms with Gasteiger partial charge in [-0.05, 0) is 0 Å². The maximum Gasteiger partial charge on any atom is 0.401 e. The van der Waals surface area contributed by atoms with E-state index in [1.807, 2.05) is 4.90 Å². The standard InChI is InChI=1S/C11H15F3N4O/c12-11(13,14)8-17-1-3-18(4-2-17)10-6-15-5-9(7-19)16-10/h5-6,19H,1-4,7-8H2. The minimum absolute atomic E-state index is 0.200. The zero-order valence-corrected chi connectivity index (χ0v) is 10.3. The van der Waals surface area contributed by atoms with Gasteiger partial charge in [0.05, 0.1) is 31.2 Å². The van der Waals surface area contributed by atoms with Crippen LogP contribution in [-0.4, -0.2) is 58.9 Å². The minimum Gasteiger partial charge on any atom is -0.390 e. The van der Waals surface area contributed by atoms with Gasteiger partial charge in [-0.1, -0.05) is 0 Å². The zero-order chi connectivity index (χ0) is 13.9. The van der Waals surface area contributed by atoms with E-state index in [0.29, 0.717) is 37.7 Å². The summed E-state index contributed by atoms with van der Waals surface area (Å²) in [4.78, 5) is 11.4. The molecule has 1 fully saturated rings. The summed E-state index contributed by atoms with van der Waals surface area (Å²) in [5, 5.41) is 8.98. The summed E-state index contributed by atoms with van der Waals surface area (Å²) in [6, 6.07) is 0. The van der Waals surface area contributed by atoms with Crippen molar-refractivity contribution in [1.82, 2.24) is 14.9 Å². The lowest BCUT2D eigenvalue weighted by molar-refractivity contribution is -0.146. The molecular formula is C11H15F3N4O. The molecule has 0 unspecified atom stereocenters. The monoisotopic (exact) mass is 276 g/mol. The fraction of sp³-hybridized carbons (Fsp3) is 0.636. The first-order valence-corrected chi connectivity index (χ1v) is 5.94. The van der Waals surface area contributed by atoms with Gasteiger partial charge in [-0.2, -0.15) is 13.2 Å². The number of aliphatic hydroxyl groups excluding tert-OH is 1. The van der Waals surface area contributed by atoms with E-state index in [-0.39, 0.29) is 6.61 Å². The first-order valence-electron chi connectivity index (χ1n) is 5.94. The first-order chi connectivity index (χ1) is 8.98. The highest BCUT2D eigenvalue weighted by Crippen LogP contribution is 2.19. The Labute approximate surface area is 108 Å². The third-order valence-electron chi connectivity index (χ3n) is 2.93. The molecule has 0 saturated carbocycles. The Hall–Kier alpha value is -1.41. The molecule has 1 aliphatic rings. The Kier molecular flexibility index (Phi) is 4.20. The van der Waals surface area contributed by atoms with Crippen LogP contribution in [0, 0.1) is 0 Å². The molecule has 106 valence electrons. The number of rotatable bonds is 3. The number of nitrogens with zero attached hydrogens (tertiary/aromatic N) is 4. The smallest absolute Gasteiger partial charge is 0.390 e. The van der Waals surface area contributed by atoms with Gasteiger partial charge in [-0.25, -0.2) is 4.98 Å². The van der Waals surface area contributed by atoms with Gasteiger partial charge in [0, 0.05) is 26.2 Å². The molecule has 1 aromatic heterocycles. The number of anilines is 1. The summed E-state index contributed by atoms with van der Waals surface area (Å²) in [5.41, 5.74) is 0.454. The average Bonchev–Trinajstić information content (AvgIpc) is 2.38. The van der Waals surface area contributed by atoms with E-state index >= 15 is 0 Å². The predicted octanol–water partition coefficient (Wildman–Crippen LogP) is 0.653. The maximum absolute atomic E-state index is 12.3. The van der Waals surface area contributed by atoms with Crippen molar-refractivity contribution in [2.45, 2.75) is 12.8 Å². The summed E-state index contributed by atoms with van der Waals surface area (Å²) in [7, 11) is 0. The second-order valence-electron chi connectivity index (χ2n) is 4.41. The van der Waals surface area contributed by atoms with E-state index in [2.05, 4.69) is 9.97 Å². The van der Waals surface area contributed by atoms with Crippen molar-refractivity contribution in [3.63, 3.8) is 0 Å². The average molecular weight is 276 g/mol. The van der Waals surface area contributed by atoms with Crippen LogP contribution in [0.15, 0.2) is 12.4 Å². The molecule has 5 nitrogen and oxygen atoms in total. The van der Waals surface area contributed by atoms with Crippen LogP contribution in [0.1, 0.15) is 5.69 Å². The van der Waals surface area contributed by atoms with E-state index in [0.717, 1.165) is 0 Å². The lowest BCUT2D eigenvalue weighted by atomic mass is 10.3. The number of alkyl halides is 3. The van der Waals surface area contributed by atoms with Crippen molar-refractivity contribution in [2.75, 3.05) is 37.6 Å². The molecule has 0 atom stereocenters. The molecule has 0 aromatic carbocycles. The molecule has 1 aliphatic heterocycles. The summed E-state index contributed by atoms with van der Waals surface area (Å²) in [5.74, 6) is 0.596. The van der Waals surface area contributed by atoms with Gasteiger partial charge in [0.25, 0.3) is 0 Å². The second kappa shape index (κ2) is 5.70. The molecule has 8 heteroatoms. The van der Waals surface area contributed by atoms with Gasteiger partial charge in [0.15, 0.2) is 0 Å². The van der Waals surface area contributed by atoms with Crippen molar-refractivity contribution >= 4 is 5.82 Å². The number of aromatic nitrogens is 2. The van der Waals surface area contributed by atoms with E-state index in [4.69, 9.17) is 5.11 Å². The molecule has 0 spiro atoms. The molecule has 0 bridgehead atoms. The van der Waals surface area contributed by atoms with Crippen LogP contribution < -0.4 is 4.90 Å². The third kappa shape index (κ3) is 4.03. The quantitative estimate of drug-likeness (QED) is 0.878. The Bertz CT molecular complexity index is 419. The highest BCUT2D eigenvalue weighted by atomic mass is 19.4. The van der Waals surface area contributed by atoms with E-state index in [1.165, 1.54) is 11.1 Å². The molecule has 19 heavy (non-hydrogen) atoms. The largest absolute Gasteiger partial charge is 0.401 e. The van der Waals surface area contributed by atoms with Gasteiger partial charge in [-0.15, -0.1) is 0 Å². The minimum atomic E-state index is -4.15. The van der Waals surface area contributed by atoms with Crippen LogP contribution in [0.4, 0.5) is 19.0 Å². The lowest BCUT2D eigenvalue weighted by Gasteiger charge is -2.35. The molecule has 2 heterocycles. The van der Waals surface area contributed by atoms with E-state index in [9.17, 15) is 13.2 Å². The summed E-state index contributed by atoms with van der Waals surface area (Å²) < 4.78 is 36.8. The summed E-state index contributed by atoms with van der Waals surface area (Å²) in [6.45, 7) is 0.548. The van der Waals surface area contributed by atoms with Gasteiger partial charge >= 0.3 is 6.18 Å². The number of halogens is 3. The fourth-order valence-electron chi connectivity index (χ4n) is 2.01. The number of hydrogen-bond donors (Lipinski definition) is 1.